The van der Waals surface area contributed by atoms with Crippen LogP contribution in [-0.2, 0) is 0 Å². The van der Waals surface area contributed by atoms with Gasteiger partial charge in [-0.05, 0) is 43.3 Å². The molecule has 0 fully saturated rings. The minimum atomic E-state index is -0.375. The molecule has 0 bridgehead atoms. The number of ether oxygens (including phenoxy) is 2. The highest BCUT2D eigenvalue weighted by atomic mass is 32.1. The van der Waals surface area contributed by atoms with Crippen LogP contribution in [0.2, 0.25) is 0 Å². The number of benzene rings is 2. The minimum Gasteiger partial charge on any atom is -0.493 e. The van der Waals surface area contributed by atoms with Crippen LogP contribution in [0.4, 0.5) is 0 Å². The van der Waals surface area contributed by atoms with Gasteiger partial charge in [0.15, 0.2) is 22.4 Å². The predicted molar refractivity (Wildman–Crippen MR) is 118 cm³/mol. The van der Waals surface area contributed by atoms with Gasteiger partial charge in [-0.15, -0.1) is 0 Å². The summed E-state index contributed by atoms with van der Waals surface area (Å²) in [6.07, 6.45) is 0.910. The molecule has 1 atom stereocenters. The Labute approximate surface area is 177 Å². The van der Waals surface area contributed by atoms with E-state index in [1.165, 1.54) is 0 Å². The molecular weight excluding hydrogens is 384 g/mol. The zero-order valence-electron chi connectivity index (χ0n) is 17.2. The number of allylic oxidation sites excluding steroid dienone is 1. The fourth-order valence-electron chi connectivity index (χ4n) is 3.32. The third kappa shape index (κ3) is 4.27. The lowest BCUT2D eigenvalue weighted by molar-refractivity contribution is 0.102. The minimum absolute atomic E-state index is 0.0276. The topological polar surface area (TPSA) is 50.8 Å². The van der Waals surface area contributed by atoms with Gasteiger partial charge in [0.1, 0.15) is 0 Å². The van der Waals surface area contributed by atoms with Gasteiger partial charge < -0.3 is 19.7 Å². The molecule has 0 aromatic heterocycles. The van der Waals surface area contributed by atoms with Crippen molar-refractivity contribution in [3.63, 3.8) is 0 Å². The maximum atomic E-state index is 13.4. The fraction of sp³-hybridized carbons (Fsp3) is 0.304. The Bertz CT molecular complexity index is 940. The quantitative estimate of drug-likeness (QED) is 0.536. The van der Waals surface area contributed by atoms with Crippen LogP contribution < -0.4 is 14.8 Å². The maximum absolute atomic E-state index is 13.4. The predicted octanol–water partition coefficient (Wildman–Crippen LogP) is 4.50. The molecule has 1 aliphatic rings. The summed E-state index contributed by atoms with van der Waals surface area (Å²) < 4.78 is 11.3. The van der Waals surface area contributed by atoms with E-state index in [1.807, 2.05) is 67.4 Å². The van der Waals surface area contributed by atoms with Gasteiger partial charge in [-0.1, -0.05) is 43.3 Å². The molecular formula is C23H26N2O3S. The summed E-state index contributed by atoms with van der Waals surface area (Å²) in [7, 11) is 3.48. The van der Waals surface area contributed by atoms with Crippen molar-refractivity contribution in [3.8, 4) is 11.5 Å². The lowest BCUT2D eigenvalue weighted by atomic mass is 9.89. The summed E-state index contributed by atoms with van der Waals surface area (Å²) in [4.78, 5) is 15.2. The van der Waals surface area contributed by atoms with Crippen molar-refractivity contribution >= 4 is 23.1 Å². The number of hydrogen-bond donors (Lipinski definition) is 1. The first-order valence-corrected chi connectivity index (χ1v) is 10.0. The second-order valence-corrected chi connectivity index (χ2v) is 7.28. The molecule has 1 heterocycles. The molecule has 152 valence electrons. The molecule has 0 aliphatic carbocycles. The number of methoxy groups -OCH3 is 1. The molecule has 29 heavy (non-hydrogen) atoms. The van der Waals surface area contributed by atoms with Gasteiger partial charge in [0.2, 0.25) is 0 Å². The number of Topliss-reactive ketones (excluding diaryl/α,β-unsaturated/α-hetero) is 1. The number of thiocarbonyl (C=S) groups is 1. The van der Waals surface area contributed by atoms with Gasteiger partial charge in [0, 0.05) is 23.9 Å². The van der Waals surface area contributed by atoms with Gasteiger partial charge in [-0.2, -0.15) is 0 Å². The standard InChI is InChI=1S/C23H26N2O3S/c1-5-13-28-18-12-11-17(14-19(18)27-4)21-20(15(2)25(3)23(29)24-21)22(26)16-9-7-6-8-10-16/h6-12,14,21H,5,13H2,1-4H3,(H,24,29). The van der Waals surface area contributed by atoms with Gasteiger partial charge in [0.05, 0.1) is 19.8 Å². The van der Waals surface area contributed by atoms with Gasteiger partial charge >= 0.3 is 0 Å². The molecule has 0 amide bonds. The molecule has 0 spiro atoms. The van der Waals surface area contributed by atoms with Crippen molar-refractivity contribution in [2.45, 2.75) is 26.3 Å². The SMILES string of the molecule is CCCOc1ccc(C2NC(=S)N(C)C(C)=C2C(=O)c2ccccc2)cc1OC. The maximum Gasteiger partial charge on any atom is 0.193 e. The largest absolute Gasteiger partial charge is 0.493 e. The summed E-state index contributed by atoms with van der Waals surface area (Å²) in [6, 6.07) is 14.6. The Morgan fingerprint density at radius 2 is 1.90 bits per heavy atom. The monoisotopic (exact) mass is 410 g/mol. The van der Waals surface area contributed by atoms with Crippen molar-refractivity contribution in [2.24, 2.45) is 0 Å². The van der Waals surface area contributed by atoms with Gasteiger partial charge in [-0.3, -0.25) is 4.79 Å². The molecule has 1 aliphatic heterocycles. The van der Waals surface area contributed by atoms with Crippen molar-refractivity contribution in [2.75, 3.05) is 20.8 Å². The van der Waals surface area contributed by atoms with Crippen LogP contribution >= 0.6 is 12.2 Å². The van der Waals surface area contributed by atoms with Crippen molar-refractivity contribution in [1.29, 1.82) is 0 Å². The summed E-state index contributed by atoms with van der Waals surface area (Å²) in [5.74, 6) is 1.29. The van der Waals surface area contributed by atoms with E-state index in [2.05, 4.69) is 12.2 Å². The Kier molecular flexibility index (Phi) is 6.54. The zero-order chi connectivity index (χ0) is 21.0. The first-order valence-electron chi connectivity index (χ1n) is 9.63. The number of ketones is 1. The van der Waals surface area contributed by atoms with E-state index in [0.717, 1.165) is 17.7 Å². The lowest BCUT2D eigenvalue weighted by Crippen LogP contribution is -2.45. The summed E-state index contributed by atoms with van der Waals surface area (Å²) in [5.41, 5.74) is 3.03. The van der Waals surface area contributed by atoms with Crippen LogP contribution in [0.1, 0.15) is 42.2 Å². The number of hydrogen-bond acceptors (Lipinski definition) is 4. The zero-order valence-corrected chi connectivity index (χ0v) is 18.0. The molecule has 0 saturated heterocycles. The van der Waals surface area contributed by atoms with Crippen molar-refractivity contribution in [3.05, 3.63) is 70.9 Å². The molecule has 6 heteroatoms. The smallest absolute Gasteiger partial charge is 0.193 e. The van der Waals surface area contributed by atoms with E-state index in [4.69, 9.17) is 21.7 Å². The summed E-state index contributed by atoms with van der Waals surface area (Å²) in [5, 5.41) is 3.88. The molecule has 0 saturated carbocycles. The number of nitrogens with zero attached hydrogens (tertiary/aromatic N) is 1. The highest BCUT2D eigenvalue weighted by Gasteiger charge is 2.33. The van der Waals surface area contributed by atoms with E-state index in [1.54, 1.807) is 7.11 Å². The van der Waals surface area contributed by atoms with E-state index < -0.39 is 0 Å². The Balaban J connectivity index is 2.06. The molecule has 0 radical (unpaired) electrons. The van der Waals surface area contributed by atoms with Gasteiger partial charge in [-0.25, -0.2) is 0 Å². The fourth-order valence-corrected chi connectivity index (χ4v) is 3.57. The molecule has 3 rings (SSSR count). The van der Waals surface area contributed by atoms with Gasteiger partial charge in [0.25, 0.3) is 0 Å². The van der Waals surface area contributed by atoms with E-state index in [9.17, 15) is 4.79 Å². The van der Waals surface area contributed by atoms with E-state index in [-0.39, 0.29) is 11.8 Å². The number of rotatable bonds is 7. The highest BCUT2D eigenvalue weighted by Crippen LogP contribution is 2.36. The molecule has 5 nitrogen and oxygen atoms in total. The average molecular weight is 411 g/mol. The van der Waals surface area contributed by atoms with Crippen LogP contribution in [0.3, 0.4) is 0 Å². The Morgan fingerprint density at radius 3 is 2.55 bits per heavy atom. The third-order valence-electron chi connectivity index (χ3n) is 5.02. The highest BCUT2D eigenvalue weighted by molar-refractivity contribution is 7.80. The number of carbonyl (C=O) groups excluding carboxylic acids is 1. The summed E-state index contributed by atoms with van der Waals surface area (Å²) >= 11 is 5.50. The van der Waals surface area contributed by atoms with Crippen LogP contribution in [0.5, 0.6) is 11.5 Å². The van der Waals surface area contributed by atoms with Crippen molar-refractivity contribution in [1.82, 2.24) is 10.2 Å². The average Bonchev–Trinajstić information content (AvgIpc) is 2.75. The summed E-state index contributed by atoms with van der Waals surface area (Å²) in [6.45, 7) is 4.59. The second kappa shape index (κ2) is 9.09. The molecule has 1 N–H and O–H groups in total. The van der Waals surface area contributed by atoms with Crippen LogP contribution in [0, 0.1) is 0 Å². The molecule has 2 aromatic rings. The van der Waals surface area contributed by atoms with Crippen LogP contribution in [-0.4, -0.2) is 36.6 Å². The van der Waals surface area contributed by atoms with E-state index in [0.29, 0.717) is 34.4 Å². The van der Waals surface area contributed by atoms with Crippen molar-refractivity contribution < 1.29 is 14.3 Å². The first kappa shape index (κ1) is 20.9. The Hall–Kier alpha value is -2.86. The first-order chi connectivity index (χ1) is 14.0. The second-order valence-electron chi connectivity index (χ2n) is 6.89. The van der Waals surface area contributed by atoms with Crippen LogP contribution in [0.15, 0.2) is 59.8 Å². The van der Waals surface area contributed by atoms with E-state index >= 15 is 0 Å². The lowest BCUT2D eigenvalue weighted by Gasteiger charge is -2.36. The Morgan fingerprint density at radius 1 is 1.17 bits per heavy atom. The normalized spacial score (nSPS) is 16.5. The molecule has 1 unspecified atom stereocenters. The molecule has 2 aromatic carbocycles. The number of nitrogens with one attached hydrogen (secondary N) is 1. The number of carbonyl (C=O) groups is 1. The third-order valence-corrected chi connectivity index (χ3v) is 5.41. The van der Waals surface area contributed by atoms with Crippen LogP contribution in [0.25, 0.3) is 0 Å².